The Morgan fingerprint density at radius 2 is 1.91 bits per heavy atom. The molecule has 0 spiro atoms. The minimum atomic E-state index is -0.0649. The summed E-state index contributed by atoms with van der Waals surface area (Å²) in [5.74, 6) is -0.147. The van der Waals surface area contributed by atoms with Gasteiger partial charge in [-0.1, -0.05) is 13.8 Å². The molecule has 0 saturated carbocycles. The van der Waals surface area contributed by atoms with Gasteiger partial charge >= 0.3 is 0 Å². The van der Waals surface area contributed by atoms with E-state index in [2.05, 4.69) is 22.9 Å². The zero-order chi connectivity index (χ0) is 16.1. The summed E-state index contributed by atoms with van der Waals surface area (Å²) < 4.78 is 0. The zero-order valence-electron chi connectivity index (χ0n) is 13.5. The van der Waals surface area contributed by atoms with Crippen LogP contribution < -0.4 is 16.0 Å². The lowest BCUT2D eigenvalue weighted by molar-refractivity contribution is -0.118. The fourth-order valence-electron chi connectivity index (χ4n) is 2.52. The van der Waals surface area contributed by atoms with Gasteiger partial charge in [-0.25, -0.2) is 0 Å². The molecule has 2 unspecified atom stereocenters. The van der Waals surface area contributed by atoms with Crippen molar-refractivity contribution in [2.45, 2.75) is 45.7 Å². The molecular weight excluding hydrogens is 278 g/mol. The van der Waals surface area contributed by atoms with Crippen LogP contribution in [0.1, 0.15) is 44.0 Å². The average molecular weight is 303 g/mol. The van der Waals surface area contributed by atoms with Crippen LogP contribution in [0.25, 0.3) is 0 Å². The van der Waals surface area contributed by atoms with E-state index in [4.69, 9.17) is 0 Å². The summed E-state index contributed by atoms with van der Waals surface area (Å²) in [5.41, 5.74) is 1.33. The van der Waals surface area contributed by atoms with Gasteiger partial charge in [0.1, 0.15) is 0 Å². The maximum absolute atomic E-state index is 12.2. The van der Waals surface area contributed by atoms with Crippen LogP contribution in [-0.4, -0.2) is 30.4 Å². The summed E-state index contributed by atoms with van der Waals surface area (Å²) in [4.78, 5) is 23.9. The highest BCUT2D eigenvalue weighted by atomic mass is 16.2. The van der Waals surface area contributed by atoms with Crippen LogP contribution in [0.15, 0.2) is 24.3 Å². The Hall–Kier alpha value is -1.88. The first-order chi connectivity index (χ1) is 10.5. The molecule has 1 heterocycles. The predicted octanol–water partition coefficient (Wildman–Crippen LogP) is 2.15. The molecular formula is C17H25N3O2. The van der Waals surface area contributed by atoms with Crippen molar-refractivity contribution in [3.05, 3.63) is 29.8 Å². The minimum absolute atomic E-state index is 0.0269. The van der Waals surface area contributed by atoms with Crippen LogP contribution in [0.5, 0.6) is 0 Å². The molecule has 22 heavy (non-hydrogen) atoms. The number of amides is 2. The third-order valence-electron chi connectivity index (χ3n) is 3.90. The lowest BCUT2D eigenvalue weighted by atomic mass is 10.0. The third-order valence-corrected chi connectivity index (χ3v) is 3.90. The monoisotopic (exact) mass is 303 g/mol. The molecule has 0 aromatic heterocycles. The van der Waals surface area contributed by atoms with Gasteiger partial charge in [0.15, 0.2) is 0 Å². The molecule has 0 aliphatic carbocycles. The molecule has 120 valence electrons. The molecule has 3 N–H and O–H groups in total. The SMILES string of the molecule is CC1CC(NC(=O)c2ccc(NC(=O)C(C)C)cc2)CCN1. The highest BCUT2D eigenvalue weighted by Gasteiger charge is 2.20. The normalized spacial score (nSPS) is 21.5. The summed E-state index contributed by atoms with van der Waals surface area (Å²) >= 11 is 0. The second kappa shape index (κ2) is 7.40. The van der Waals surface area contributed by atoms with Gasteiger partial charge in [-0.05, 0) is 50.6 Å². The maximum Gasteiger partial charge on any atom is 0.251 e. The number of nitrogens with one attached hydrogen (secondary N) is 3. The van der Waals surface area contributed by atoms with Crippen molar-refractivity contribution in [3.8, 4) is 0 Å². The van der Waals surface area contributed by atoms with E-state index in [1.807, 2.05) is 13.8 Å². The Morgan fingerprint density at radius 3 is 2.50 bits per heavy atom. The van der Waals surface area contributed by atoms with Gasteiger partial charge in [-0.15, -0.1) is 0 Å². The number of hydrogen-bond donors (Lipinski definition) is 3. The van der Waals surface area contributed by atoms with Gasteiger partial charge in [0, 0.05) is 29.3 Å². The summed E-state index contributed by atoms with van der Waals surface area (Å²) in [5, 5.41) is 9.26. The molecule has 1 aliphatic heterocycles. The quantitative estimate of drug-likeness (QED) is 0.798. The first-order valence-corrected chi connectivity index (χ1v) is 7.91. The van der Waals surface area contributed by atoms with E-state index in [0.29, 0.717) is 17.3 Å². The molecule has 2 amide bonds. The fourth-order valence-corrected chi connectivity index (χ4v) is 2.52. The maximum atomic E-state index is 12.2. The summed E-state index contributed by atoms with van der Waals surface area (Å²) in [6, 6.07) is 7.68. The highest BCUT2D eigenvalue weighted by molar-refractivity contribution is 5.96. The Balaban J connectivity index is 1.92. The molecule has 5 nitrogen and oxygen atoms in total. The fraction of sp³-hybridized carbons (Fsp3) is 0.529. The molecule has 2 atom stereocenters. The molecule has 2 rings (SSSR count). The second-order valence-corrected chi connectivity index (χ2v) is 6.27. The summed E-state index contributed by atoms with van der Waals surface area (Å²) in [6.45, 7) is 6.76. The molecule has 1 aliphatic rings. The highest BCUT2D eigenvalue weighted by Crippen LogP contribution is 2.13. The number of anilines is 1. The van der Waals surface area contributed by atoms with Crippen molar-refractivity contribution in [2.24, 2.45) is 5.92 Å². The van der Waals surface area contributed by atoms with Crippen LogP contribution in [-0.2, 0) is 4.79 Å². The summed E-state index contributed by atoms with van der Waals surface area (Å²) in [7, 11) is 0. The van der Waals surface area contributed by atoms with E-state index >= 15 is 0 Å². The van der Waals surface area contributed by atoms with E-state index in [1.54, 1.807) is 24.3 Å². The lowest BCUT2D eigenvalue weighted by Crippen LogP contribution is -2.46. The lowest BCUT2D eigenvalue weighted by Gasteiger charge is -2.28. The van der Waals surface area contributed by atoms with Crippen LogP contribution in [0, 0.1) is 5.92 Å². The Labute approximate surface area is 131 Å². The topological polar surface area (TPSA) is 70.2 Å². The van der Waals surface area contributed by atoms with E-state index in [1.165, 1.54) is 0 Å². The van der Waals surface area contributed by atoms with Crippen LogP contribution in [0.4, 0.5) is 5.69 Å². The Morgan fingerprint density at radius 1 is 1.23 bits per heavy atom. The van der Waals surface area contributed by atoms with Crippen molar-refractivity contribution in [3.63, 3.8) is 0 Å². The van der Waals surface area contributed by atoms with E-state index < -0.39 is 0 Å². The van der Waals surface area contributed by atoms with Gasteiger partial charge in [0.2, 0.25) is 5.91 Å². The third kappa shape index (κ3) is 4.56. The van der Waals surface area contributed by atoms with Crippen molar-refractivity contribution in [1.29, 1.82) is 0 Å². The predicted molar refractivity (Wildman–Crippen MR) is 87.9 cm³/mol. The summed E-state index contributed by atoms with van der Waals surface area (Å²) in [6.07, 6.45) is 1.91. The number of hydrogen-bond acceptors (Lipinski definition) is 3. The molecule has 1 saturated heterocycles. The van der Waals surface area contributed by atoms with Crippen molar-refractivity contribution in [2.75, 3.05) is 11.9 Å². The zero-order valence-corrected chi connectivity index (χ0v) is 13.5. The first-order valence-electron chi connectivity index (χ1n) is 7.91. The van der Waals surface area contributed by atoms with Gasteiger partial charge in [0.05, 0.1) is 0 Å². The van der Waals surface area contributed by atoms with E-state index in [9.17, 15) is 9.59 Å². The van der Waals surface area contributed by atoms with Crippen LogP contribution in [0.2, 0.25) is 0 Å². The smallest absolute Gasteiger partial charge is 0.251 e. The van der Waals surface area contributed by atoms with Crippen molar-refractivity contribution < 1.29 is 9.59 Å². The van der Waals surface area contributed by atoms with E-state index in [0.717, 1.165) is 19.4 Å². The van der Waals surface area contributed by atoms with Crippen LogP contribution in [0.3, 0.4) is 0 Å². The largest absolute Gasteiger partial charge is 0.349 e. The van der Waals surface area contributed by atoms with Gasteiger partial charge < -0.3 is 16.0 Å². The number of rotatable bonds is 4. The first kappa shape index (κ1) is 16.5. The molecule has 1 aromatic rings. The Kier molecular flexibility index (Phi) is 5.55. The van der Waals surface area contributed by atoms with Gasteiger partial charge in [-0.2, -0.15) is 0 Å². The van der Waals surface area contributed by atoms with Gasteiger partial charge in [-0.3, -0.25) is 9.59 Å². The average Bonchev–Trinajstić information content (AvgIpc) is 2.47. The molecule has 1 fully saturated rings. The van der Waals surface area contributed by atoms with Crippen molar-refractivity contribution in [1.82, 2.24) is 10.6 Å². The molecule has 5 heteroatoms. The number of carbonyl (C=O) groups excluding carboxylic acids is 2. The second-order valence-electron chi connectivity index (χ2n) is 6.27. The minimum Gasteiger partial charge on any atom is -0.349 e. The molecule has 0 radical (unpaired) electrons. The van der Waals surface area contributed by atoms with Gasteiger partial charge in [0.25, 0.3) is 5.91 Å². The number of benzene rings is 1. The van der Waals surface area contributed by atoms with Crippen LogP contribution >= 0.6 is 0 Å². The Bertz CT molecular complexity index is 525. The van der Waals surface area contributed by atoms with Crippen molar-refractivity contribution >= 4 is 17.5 Å². The number of piperidine rings is 1. The standard InChI is InChI=1S/C17H25N3O2/c1-11(2)16(21)19-14-6-4-13(5-7-14)17(22)20-15-8-9-18-12(3)10-15/h4-7,11-12,15,18H,8-10H2,1-3H3,(H,19,21)(H,20,22). The molecule has 0 bridgehead atoms. The van der Waals surface area contributed by atoms with E-state index in [-0.39, 0.29) is 23.8 Å². The number of carbonyl (C=O) groups is 2. The molecule has 1 aromatic carbocycles.